The molecule has 0 aromatic carbocycles. The molecule has 0 rings (SSSR count). The molecule has 0 aromatic heterocycles. The van der Waals surface area contributed by atoms with Crippen LogP contribution in [0.5, 0.6) is 0 Å². The number of rotatable bonds is 6. The number of nitrogens with zero attached hydrogens (tertiary/aromatic N) is 1. The van der Waals surface area contributed by atoms with Crippen LogP contribution in [0.15, 0.2) is 0 Å². The van der Waals surface area contributed by atoms with E-state index in [1.165, 1.54) is 0 Å². The average molecular weight is 217 g/mol. The summed E-state index contributed by atoms with van der Waals surface area (Å²) in [6.07, 6.45) is 0. The Morgan fingerprint density at radius 3 is 1.58 bits per heavy atom. The third kappa shape index (κ3) is 8.24. The summed E-state index contributed by atoms with van der Waals surface area (Å²) in [4.78, 5) is 0. The standard InChI is InChI=1S/C4H11NO5S2/c6-5(1-3-11(7)8)2-4-12(9)10/h6H,1-4H2,(H,7,8)(H,9,10). The maximum atomic E-state index is 10.1. The van der Waals surface area contributed by atoms with E-state index < -0.39 is 22.2 Å². The molecule has 0 aliphatic carbocycles. The van der Waals surface area contributed by atoms with Crippen molar-refractivity contribution in [2.75, 3.05) is 24.6 Å². The Balaban J connectivity index is 3.39. The predicted molar refractivity (Wildman–Crippen MR) is 44.6 cm³/mol. The number of hydrogen-bond acceptors (Lipinski definition) is 4. The quantitative estimate of drug-likeness (QED) is 0.395. The highest BCUT2D eigenvalue weighted by Gasteiger charge is 2.03. The molecule has 0 bridgehead atoms. The van der Waals surface area contributed by atoms with Gasteiger partial charge in [-0.2, -0.15) is 5.06 Å². The van der Waals surface area contributed by atoms with Crippen LogP contribution in [-0.2, 0) is 22.2 Å². The molecule has 0 saturated heterocycles. The Labute approximate surface area is 75.1 Å². The van der Waals surface area contributed by atoms with E-state index in [1.54, 1.807) is 0 Å². The van der Waals surface area contributed by atoms with E-state index in [4.69, 9.17) is 14.3 Å². The van der Waals surface area contributed by atoms with Gasteiger partial charge in [-0.25, -0.2) is 8.42 Å². The van der Waals surface area contributed by atoms with E-state index in [-0.39, 0.29) is 24.6 Å². The Hall–Kier alpha value is 0.140. The molecule has 0 saturated carbocycles. The maximum absolute atomic E-state index is 10.1. The zero-order chi connectivity index (χ0) is 9.56. The smallest absolute Gasteiger partial charge is 0.154 e. The van der Waals surface area contributed by atoms with Gasteiger partial charge in [-0.1, -0.05) is 0 Å². The average Bonchev–Trinajstić information content (AvgIpc) is 1.96. The van der Waals surface area contributed by atoms with Crippen LogP contribution in [0.1, 0.15) is 0 Å². The molecule has 2 atom stereocenters. The van der Waals surface area contributed by atoms with Gasteiger partial charge in [0.25, 0.3) is 0 Å². The summed E-state index contributed by atoms with van der Waals surface area (Å²) in [5, 5.41) is 9.63. The zero-order valence-electron chi connectivity index (χ0n) is 6.25. The van der Waals surface area contributed by atoms with Crippen LogP contribution < -0.4 is 0 Å². The van der Waals surface area contributed by atoms with E-state index in [9.17, 15) is 8.42 Å². The SMILES string of the molecule is O=S(O)CCN(O)CCS(=O)O. The third-order valence-electron chi connectivity index (χ3n) is 1.05. The molecule has 8 heteroatoms. The van der Waals surface area contributed by atoms with Gasteiger partial charge in [-0.3, -0.25) is 0 Å². The van der Waals surface area contributed by atoms with Gasteiger partial charge in [-0.15, -0.1) is 0 Å². The van der Waals surface area contributed by atoms with Gasteiger partial charge in [-0.05, 0) is 0 Å². The molecule has 74 valence electrons. The maximum Gasteiger partial charge on any atom is 0.154 e. The van der Waals surface area contributed by atoms with Crippen molar-refractivity contribution in [3.63, 3.8) is 0 Å². The third-order valence-corrected chi connectivity index (χ3v) is 2.11. The van der Waals surface area contributed by atoms with Crippen molar-refractivity contribution in [3.05, 3.63) is 0 Å². The first kappa shape index (κ1) is 12.1. The van der Waals surface area contributed by atoms with Crippen LogP contribution in [0.4, 0.5) is 0 Å². The van der Waals surface area contributed by atoms with Gasteiger partial charge in [0.1, 0.15) is 0 Å². The van der Waals surface area contributed by atoms with Crippen LogP contribution in [-0.4, -0.2) is 52.4 Å². The van der Waals surface area contributed by atoms with E-state index >= 15 is 0 Å². The minimum atomic E-state index is -1.94. The first-order chi connectivity index (χ1) is 5.52. The summed E-state index contributed by atoms with van der Waals surface area (Å²) < 4.78 is 36.8. The molecule has 0 amide bonds. The molecular formula is C4H11NO5S2. The second kappa shape index (κ2) is 6.63. The fourth-order valence-corrected chi connectivity index (χ4v) is 1.21. The lowest BCUT2D eigenvalue weighted by atomic mass is 10.6. The Kier molecular flexibility index (Phi) is 6.71. The summed E-state index contributed by atoms with van der Waals surface area (Å²) in [5.41, 5.74) is 0. The Morgan fingerprint density at radius 1 is 1.00 bits per heavy atom. The van der Waals surface area contributed by atoms with Crippen molar-refractivity contribution >= 4 is 22.2 Å². The zero-order valence-corrected chi connectivity index (χ0v) is 7.88. The normalized spacial score (nSPS) is 16.3. The fourth-order valence-electron chi connectivity index (χ4n) is 0.479. The van der Waals surface area contributed by atoms with Crippen molar-refractivity contribution in [2.24, 2.45) is 0 Å². The van der Waals surface area contributed by atoms with Crippen molar-refractivity contribution in [2.45, 2.75) is 0 Å². The summed E-state index contributed by atoms with van der Waals surface area (Å²) in [6, 6.07) is 0. The summed E-state index contributed by atoms with van der Waals surface area (Å²) >= 11 is -3.88. The highest BCUT2D eigenvalue weighted by Crippen LogP contribution is 1.85. The van der Waals surface area contributed by atoms with Crippen molar-refractivity contribution < 1.29 is 22.7 Å². The van der Waals surface area contributed by atoms with Gasteiger partial charge in [0.2, 0.25) is 0 Å². The molecule has 0 spiro atoms. The lowest BCUT2D eigenvalue weighted by Gasteiger charge is -2.11. The molecule has 0 heterocycles. The number of hydrogen-bond donors (Lipinski definition) is 3. The predicted octanol–water partition coefficient (Wildman–Crippen LogP) is -0.879. The molecule has 0 aliphatic heterocycles. The minimum Gasteiger partial charge on any atom is -0.314 e. The van der Waals surface area contributed by atoms with Crippen molar-refractivity contribution in [1.82, 2.24) is 5.06 Å². The van der Waals surface area contributed by atoms with E-state index in [0.29, 0.717) is 0 Å². The number of hydroxylamine groups is 2. The lowest BCUT2D eigenvalue weighted by Crippen LogP contribution is -2.28. The first-order valence-electron chi connectivity index (χ1n) is 3.11. The molecule has 0 aromatic rings. The fraction of sp³-hybridized carbons (Fsp3) is 1.00. The molecule has 0 aliphatic rings. The van der Waals surface area contributed by atoms with Crippen LogP contribution in [0, 0.1) is 0 Å². The van der Waals surface area contributed by atoms with Gasteiger partial charge in [0, 0.05) is 13.1 Å². The molecule has 3 N–H and O–H groups in total. The summed E-state index contributed by atoms with van der Waals surface area (Å²) in [5.74, 6) is -0.150. The van der Waals surface area contributed by atoms with E-state index in [2.05, 4.69) is 0 Å². The van der Waals surface area contributed by atoms with Crippen LogP contribution in [0.3, 0.4) is 0 Å². The second-order valence-corrected chi connectivity index (χ2v) is 4.11. The van der Waals surface area contributed by atoms with Crippen LogP contribution in [0.2, 0.25) is 0 Å². The van der Waals surface area contributed by atoms with Crippen molar-refractivity contribution in [3.8, 4) is 0 Å². The largest absolute Gasteiger partial charge is 0.314 e. The molecule has 6 nitrogen and oxygen atoms in total. The van der Waals surface area contributed by atoms with Gasteiger partial charge < -0.3 is 14.3 Å². The first-order valence-corrected chi connectivity index (χ1v) is 5.66. The van der Waals surface area contributed by atoms with Gasteiger partial charge in [0.05, 0.1) is 11.5 Å². The van der Waals surface area contributed by atoms with Crippen LogP contribution in [0.25, 0.3) is 0 Å². The second-order valence-electron chi connectivity index (χ2n) is 2.00. The molecule has 12 heavy (non-hydrogen) atoms. The highest BCUT2D eigenvalue weighted by atomic mass is 32.2. The summed E-state index contributed by atoms with van der Waals surface area (Å²) in [6.45, 7) is 0.0284. The molecule has 0 fully saturated rings. The van der Waals surface area contributed by atoms with Crippen molar-refractivity contribution in [1.29, 1.82) is 0 Å². The Morgan fingerprint density at radius 2 is 1.33 bits per heavy atom. The Bertz CT molecular complexity index is 157. The summed E-state index contributed by atoms with van der Waals surface area (Å²) in [7, 11) is 0. The molecule has 2 unspecified atom stereocenters. The van der Waals surface area contributed by atoms with Gasteiger partial charge >= 0.3 is 0 Å². The lowest BCUT2D eigenvalue weighted by molar-refractivity contribution is -0.0799. The monoisotopic (exact) mass is 217 g/mol. The molecular weight excluding hydrogens is 206 g/mol. The van der Waals surface area contributed by atoms with Gasteiger partial charge in [0.15, 0.2) is 22.2 Å². The van der Waals surface area contributed by atoms with Crippen LogP contribution >= 0.6 is 0 Å². The highest BCUT2D eigenvalue weighted by molar-refractivity contribution is 7.79. The topological polar surface area (TPSA) is 98.1 Å². The molecule has 0 radical (unpaired) electrons. The minimum absolute atomic E-state index is 0.0142. The van der Waals surface area contributed by atoms with E-state index in [0.717, 1.165) is 5.06 Å². The van der Waals surface area contributed by atoms with E-state index in [1.807, 2.05) is 0 Å².